The van der Waals surface area contributed by atoms with E-state index in [9.17, 15) is 4.79 Å². The fraction of sp³-hybridized carbons (Fsp3) is 0.520. The minimum Gasteiger partial charge on any atom is -0.368 e. The van der Waals surface area contributed by atoms with Crippen LogP contribution in [0.5, 0.6) is 0 Å². The average molecular weight is 407 g/mol. The maximum Gasteiger partial charge on any atom is 0.254 e. The van der Waals surface area contributed by atoms with Gasteiger partial charge in [-0.1, -0.05) is 31.2 Å². The van der Waals surface area contributed by atoms with Gasteiger partial charge in [-0.15, -0.1) is 0 Å². The van der Waals surface area contributed by atoms with Crippen LogP contribution in [0.25, 0.3) is 0 Å². The smallest absolute Gasteiger partial charge is 0.254 e. The number of carbonyl (C=O) groups excluding carboxylic acids is 1. The van der Waals surface area contributed by atoms with E-state index >= 15 is 0 Å². The monoisotopic (exact) mass is 406 g/mol. The lowest BCUT2D eigenvalue weighted by Gasteiger charge is -2.37. The molecule has 3 heterocycles. The number of likely N-dealkylation sites (tertiary alicyclic amines) is 2. The van der Waals surface area contributed by atoms with Crippen molar-refractivity contribution in [2.24, 2.45) is 5.92 Å². The number of pyridine rings is 1. The largest absolute Gasteiger partial charge is 0.368 e. The van der Waals surface area contributed by atoms with Crippen LogP contribution in [0, 0.1) is 12.8 Å². The third kappa shape index (κ3) is 4.84. The van der Waals surface area contributed by atoms with Crippen LogP contribution in [0.3, 0.4) is 0 Å². The van der Waals surface area contributed by atoms with Gasteiger partial charge in [0.25, 0.3) is 5.91 Å². The first-order valence-electron chi connectivity index (χ1n) is 11.4. The van der Waals surface area contributed by atoms with E-state index in [0.717, 1.165) is 62.9 Å². The topological polar surface area (TPSA) is 48.5 Å². The van der Waals surface area contributed by atoms with E-state index in [-0.39, 0.29) is 5.91 Å². The van der Waals surface area contributed by atoms with Gasteiger partial charge in [0.15, 0.2) is 0 Å². The Kier molecular flexibility index (Phi) is 6.68. The standard InChI is InChI=1S/C25H34N4O/c1-19-10-15-28(16-11-19)23(22-8-4-3-7-20(22)2)18-27-24-17-21(9-12-26-24)25(30)29-13-5-6-14-29/h3-4,7-9,12,17,19,23H,5-6,10-11,13-16,18H2,1-2H3,(H,26,27). The summed E-state index contributed by atoms with van der Waals surface area (Å²) < 4.78 is 0. The molecule has 0 radical (unpaired) electrons. The molecule has 0 saturated carbocycles. The van der Waals surface area contributed by atoms with Crippen LogP contribution in [-0.4, -0.2) is 53.4 Å². The Labute approximate surface area is 180 Å². The van der Waals surface area contributed by atoms with Crippen molar-refractivity contribution in [3.05, 3.63) is 59.3 Å². The molecule has 30 heavy (non-hydrogen) atoms. The predicted molar refractivity (Wildman–Crippen MR) is 122 cm³/mol. The Balaban J connectivity index is 1.49. The highest BCUT2D eigenvalue weighted by Crippen LogP contribution is 2.29. The Morgan fingerprint density at radius 2 is 1.87 bits per heavy atom. The number of aryl methyl sites for hydroxylation is 1. The van der Waals surface area contributed by atoms with Crippen molar-refractivity contribution in [2.45, 2.75) is 45.6 Å². The molecular weight excluding hydrogens is 372 g/mol. The summed E-state index contributed by atoms with van der Waals surface area (Å²) in [4.78, 5) is 21.8. The van der Waals surface area contributed by atoms with Gasteiger partial charge >= 0.3 is 0 Å². The second kappa shape index (κ2) is 9.61. The van der Waals surface area contributed by atoms with Crippen molar-refractivity contribution in [1.82, 2.24) is 14.8 Å². The summed E-state index contributed by atoms with van der Waals surface area (Å²) in [5.41, 5.74) is 3.44. The summed E-state index contributed by atoms with van der Waals surface area (Å²) in [5, 5.41) is 3.54. The highest BCUT2D eigenvalue weighted by molar-refractivity contribution is 5.95. The fourth-order valence-corrected chi connectivity index (χ4v) is 4.70. The van der Waals surface area contributed by atoms with E-state index in [4.69, 9.17) is 0 Å². The number of hydrogen-bond donors (Lipinski definition) is 1. The van der Waals surface area contributed by atoms with E-state index < -0.39 is 0 Å². The molecule has 2 saturated heterocycles. The van der Waals surface area contributed by atoms with E-state index in [1.165, 1.54) is 24.0 Å². The van der Waals surface area contributed by atoms with Crippen LogP contribution in [0.2, 0.25) is 0 Å². The molecule has 160 valence electrons. The number of nitrogens with one attached hydrogen (secondary N) is 1. The Hall–Kier alpha value is -2.40. The van der Waals surface area contributed by atoms with Gasteiger partial charge in [-0.25, -0.2) is 4.98 Å². The summed E-state index contributed by atoms with van der Waals surface area (Å²) in [6.07, 6.45) is 6.46. The third-order valence-electron chi connectivity index (χ3n) is 6.68. The van der Waals surface area contributed by atoms with Crippen LogP contribution < -0.4 is 5.32 Å². The molecule has 4 rings (SSSR count). The lowest BCUT2D eigenvalue weighted by atomic mass is 9.94. The average Bonchev–Trinajstić information content (AvgIpc) is 3.31. The van der Waals surface area contributed by atoms with Crippen molar-refractivity contribution < 1.29 is 4.79 Å². The highest BCUT2D eigenvalue weighted by Gasteiger charge is 2.26. The zero-order valence-electron chi connectivity index (χ0n) is 18.3. The molecule has 5 heteroatoms. The van der Waals surface area contributed by atoms with Crippen molar-refractivity contribution in [3.8, 4) is 0 Å². The second-order valence-electron chi connectivity index (χ2n) is 8.90. The Morgan fingerprint density at radius 3 is 2.60 bits per heavy atom. The molecular formula is C25H34N4O. The summed E-state index contributed by atoms with van der Waals surface area (Å²) in [7, 11) is 0. The van der Waals surface area contributed by atoms with Gasteiger partial charge in [0.2, 0.25) is 0 Å². The number of amides is 1. The molecule has 1 atom stereocenters. The van der Waals surface area contributed by atoms with E-state index in [1.807, 2.05) is 17.0 Å². The van der Waals surface area contributed by atoms with Crippen molar-refractivity contribution in [2.75, 3.05) is 38.0 Å². The van der Waals surface area contributed by atoms with Gasteiger partial charge in [-0.3, -0.25) is 9.69 Å². The molecule has 0 spiro atoms. The van der Waals surface area contributed by atoms with Crippen LogP contribution in [0.4, 0.5) is 5.82 Å². The number of aromatic nitrogens is 1. The summed E-state index contributed by atoms with van der Waals surface area (Å²) >= 11 is 0. The van der Waals surface area contributed by atoms with E-state index in [1.54, 1.807) is 6.20 Å². The molecule has 2 aromatic rings. The first-order chi connectivity index (χ1) is 14.6. The van der Waals surface area contributed by atoms with Crippen LogP contribution in [0.15, 0.2) is 42.6 Å². The van der Waals surface area contributed by atoms with Gasteiger partial charge in [-0.05, 0) is 74.9 Å². The SMILES string of the molecule is Cc1ccccc1C(CNc1cc(C(=O)N2CCCC2)ccn1)N1CCC(C)CC1. The first-order valence-corrected chi connectivity index (χ1v) is 11.4. The van der Waals surface area contributed by atoms with Gasteiger partial charge in [0.1, 0.15) is 5.82 Å². The second-order valence-corrected chi connectivity index (χ2v) is 8.90. The zero-order chi connectivity index (χ0) is 20.9. The quantitative estimate of drug-likeness (QED) is 0.767. The Morgan fingerprint density at radius 1 is 1.13 bits per heavy atom. The lowest BCUT2D eigenvalue weighted by Crippen LogP contribution is -2.39. The molecule has 1 amide bonds. The number of anilines is 1. The molecule has 1 aromatic heterocycles. The van der Waals surface area contributed by atoms with E-state index in [0.29, 0.717) is 6.04 Å². The van der Waals surface area contributed by atoms with Crippen LogP contribution in [-0.2, 0) is 0 Å². The maximum atomic E-state index is 12.7. The molecule has 0 aliphatic carbocycles. The third-order valence-corrected chi connectivity index (χ3v) is 6.68. The minimum atomic E-state index is 0.124. The fourth-order valence-electron chi connectivity index (χ4n) is 4.70. The number of nitrogens with zero attached hydrogens (tertiary/aromatic N) is 3. The van der Waals surface area contributed by atoms with Crippen LogP contribution in [0.1, 0.15) is 60.1 Å². The van der Waals surface area contributed by atoms with Crippen molar-refractivity contribution >= 4 is 11.7 Å². The summed E-state index contributed by atoms with van der Waals surface area (Å²) in [6, 6.07) is 12.7. The van der Waals surface area contributed by atoms with E-state index in [2.05, 4.69) is 53.3 Å². The number of rotatable bonds is 6. The Bertz CT molecular complexity index is 854. The minimum absolute atomic E-state index is 0.124. The van der Waals surface area contributed by atoms with Gasteiger partial charge in [0.05, 0.1) is 6.04 Å². The van der Waals surface area contributed by atoms with Crippen LogP contribution >= 0.6 is 0 Å². The summed E-state index contributed by atoms with van der Waals surface area (Å²) in [5.74, 6) is 1.71. The predicted octanol–water partition coefficient (Wildman–Crippen LogP) is 4.51. The molecule has 2 aliphatic rings. The molecule has 0 bridgehead atoms. The summed E-state index contributed by atoms with van der Waals surface area (Å²) in [6.45, 7) is 9.33. The highest BCUT2D eigenvalue weighted by atomic mass is 16.2. The van der Waals surface area contributed by atoms with Gasteiger partial charge in [0, 0.05) is 31.4 Å². The molecule has 2 fully saturated rings. The lowest BCUT2D eigenvalue weighted by molar-refractivity contribution is 0.0792. The number of piperidine rings is 1. The molecule has 2 aliphatic heterocycles. The molecule has 1 N–H and O–H groups in total. The van der Waals surface area contributed by atoms with Crippen molar-refractivity contribution in [3.63, 3.8) is 0 Å². The van der Waals surface area contributed by atoms with Gasteiger partial charge in [-0.2, -0.15) is 0 Å². The first kappa shape index (κ1) is 20.9. The molecule has 1 unspecified atom stereocenters. The van der Waals surface area contributed by atoms with Crippen molar-refractivity contribution in [1.29, 1.82) is 0 Å². The normalized spacial score (nSPS) is 19.1. The van der Waals surface area contributed by atoms with Gasteiger partial charge < -0.3 is 10.2 Å². The number of hydrogen-bond acceptors (Lipinski definition) is 4. The maximum absolute atomic E-state index is 12.7. The molecule has 1 aromatic carbocycles. The zero-order valence-corrected chi connectivity index (χ0v) is 18.3. The number of benzene rings is 1. The molecule has 5 nitrogen and oxygen atoms in total. The number of carbonyl (C=O) groups is 1.